The second kappa shape index (κ2) is 5.26. The van der Waals surface area contributed by atoms with Gasteiger partial charge < -0.3 is 5.32 Å². The van der Waals surface area contributed by atoms with Crippen LogP contribution in [-0.2, 0) is 10.2 Å². The molecule has 0 saturated heterocycles. The fourth-order valence-corrected chi connectivity index (χ4v) is 2.26. The number of fused-ring (bicyclic) bond motifs is 1. The molecule has 0 aliphatic carbocycles. The summed E-state index contributed by atoms with van der Waals surface area (Å²) < 4.78 is 1.67. The molecule has 2 heterocycles. The second-order valence-electron chi connectivity index (χ2n) is 6.20. The van der Waals surface area contributed by atoms with E-state index in [4.69, 9.17) is 0 Å². The van der Waals surface area contributed by atoms with Gasteiger partial charge in [0.1, 0.15) is 5.82 Å². The largest absolute Gasteiger partial charge is 0.313 e. The first-order chi connectivity index (χ1) is 10.5. The number of amides is 1. The minimum absolute atomic E-state index is 0.110. The minimum atomic E-state index is -0.110. The Morgan fingerprint density at radius 2 is 1.91 bits per heavy atom. The van der Waals surface area contributed by atoms with Gasteiger partial charge in [0.05, 0.1) is 11.2 Å². The number of rotatable bonds is 3. The smallest absolute Gasteiger partial charge is 0.212 e. The molecule has 0 bridgehead atoms. The summed E-state index contributed by atoms with van der Waals surface area (Å²) in [4.78, 5) is 15.5. The van der Waals surface area contributed by atoms with Crippen LogP contribution in [0.2, 0.25) is 0 Å². The standard InChI is InChI=1S/C17H18N4O/c1-17(2,3)14-10-16(18-11-22)21(20-14)15-9-8-12-6-4-5-7-13(12)19-15/h4-11H,1-3H3,(H,18,22). The lowest BCUT2D eigenvalue weighted by Gasteiger charge is -2.14. The van der Waals surface area contributed by atoms with Crippen molar-refractivity contribution in [2.45, 2.75) is 26.2 Å². The Balaban J connectivity index is 2.15. The van der Waals surface area contributed by atoms with Crippen molar-refractivity contribution in [3.8, 4) is 5.82 Å². The molecular weight excluding hydrogens is 276 g/mol. The van der Waals surface area contributed by atoms with Crippen molar-refractivity contribution in [3.63, 3.8) is 0 Å². The number of para-hydroxylation sites is 1. The molecule has 0 spiro atoms. The summed E-state index contributed by atoms with van der Waals surface area (Å²) >= 11 is 0. The topological polar surface area (TPSA) is 59.8 Å². The number of carbonyl (C=O) groups is 1. The summed E-state index contributed by atoms with van der Waals surface area (Å²) in [6, 6.07) is 13.7. The second-order valence-corrected chi connectivity index (χ2v) is 6.20. The Hall–Kier alpha value is -2.69. The summed E-state index contributed by atoms with van der Waals surface area (Å²) in [5, 5.41) is 8.37. The third-order valence-electron chi connectivity index (χ3n) is 3.49. The normalized spacial score (nSPS) is 11.6. The van der Waals surface area contributed by atoms with E-state index in [2.05, 4.69) is 36.2 Å². The maximum Gasteiger partial charge on any atom is 0.212 e. The van der Waals surface area contributed by atoms with Crippen LogP contribution in [0.4, 0.5) is 5.82 Å². The summed E-state index contributed by atoms with van der Waals surface area (Å²) in [6.45, 7) is 6.24. The molecule has 2 aromatic heterocycles. The van der Waals surface area contributed by atoms with E-state index < -0.39 is 0 Å². The van der Waals surface area contributed by atoms with E-state index in [1.54, 1.807) is 4.68 Å². The van der Waals surface area contributed by atoms with Gasteiger partial charge in [-0.25, -0.2) is 4.98 Å². The number of nitrogens with zero attached hydrogens (tertiary/aromatic N) is 3. The number of pyridine rings is 1. The third kappa shape index (κ3) is 2.57. The van der Waals surface area contributed by atoms with Gasteiger partial charge in [-0.3, -0.25) is 4.79 Å². The van der Waals surface area contributed by atoms with E-state index >= 15 is 0 Å². The Bertz CT molecular complexity index is 830. The van der Waals surface area contributed by atoms with E-state index in [0.717, 1.165) is 16.6 Å². The van der Waals surface area contributed by atoms with Gasteiger partial charge in [0, 0.05) is 16.9 Å². The summed E-state index contributed by atoms with van der Waals surface area (Å²) in [6.07, 6.45) is 0.654. The van der Waals surface area contributed by atoms with E-state index in [1.807, 2.05) is 42.5 Å². The lowest BCUT2D eigenvalue weighted by Crippen LogP contribution is -2.13. The molecule has 0 aliphatic rings. The van der Waals surface area contributed by atoms with Crippen LogP contribution < -0.4 is 5.32 Å². The first-order valence-electron chi connectivity index (χ1n) is 7.16. The van der Waals surface area contributed by atoms with Crippen molar-refractivity contribution < 1.29 is 4.79 Å². The number of anilines is 1. The number of hydrogen-bond donors (Lipinski definition) is 1. The van der Waals surface area contributed by atoms with E-state index in [0.29, 0.717) is 18.0 Å². The highest BCUT2D eigenvalue weighted by atomic mass is 16.1. The number of carbonyl (C=O) groups excluding carboxylic acids is 1. The van der Waals surface area contributed by atoms with Crippen LogP contribution in [0, 0.1) is 0 Å². The lowest BCUT2D eigenvalue weighted by molar-refractivity contribution is -0.105. The molecule has 112 valence electrons. The highest BCUT2D eigenvalue weighted by Gasteiger charge is 2.20. The predicted molar refractivity (Wildman–Crippen MR) is 87.3 cm³/mol. The molecule has 0 aliphatic heterocycles. The van der Waals surface area contributed by atoms with Crippen LogP contribution in [-0.4, -0.2) is 21.2 Å². The van der Waals surface area contributed by atoms with Gasteiger partial charge >= 0.3 is 0 Å². The van der Waals surface area contributed by atoms with Crippen LogP contribution in [0.1, 0.15) is 26.5 Å². The molecule has 3 rings (SSSR count). The lowest BCUT2D eigenvalue weighted by atomic mass is 9.92. The fraction of sp³-hybridized carbons (Fsp3) is 0.235. The van der Waals surface area contributed by atoms with Gasteiger partial charge in [0.15, 0.2) is 5.82 Å². The van der Waals surface area contributed by atoms with Gasteiger partial charge in [0.25, 0.3) is 0 Å². The van der Waals surface area contributed by atoms with Crippen LogP contribution >= 0.6 is 0 Å². The number of benzene rings is 1. The number of nitrogens with one attached hydrogen (secondary N) is 1. The maximum atomic E-state index is 10.9. The minimum Gasteiger partial charge on any atom is -0.313 e. The monoisotopic (exact) mass is 294 g/mol. The van der Waals surface area contributed by atoms with Crippen molar-refractivity contribution in [1.29, 1.82) is 0 Å². The fourth-order valence-electron chi connectivity index (χ4n) is 2.26. The van der Waals surface area contributed by atoms with Crippen molar-refractivity contribution in [1.82, 2.24) is 14.8 Å². The van der Waals surface area contributed by atoms with Crippen LogP contribution in [0.15, 0.2) is 42.5 Å². The van der Waals surface area contributed by atoms with Crippen molar-refractivity contribution in [2.24, 2.45) is 0 Å². The van der Waals surface area contributed by atoms with Gasteiger partial charge in [-0.15, -0.1) is 0 Å². The van der Waals surface area contributed by atoms with Crippen molar-refractivity contribution in [2.75, 3.05) is 5.32 Å². The number of hydrogen-bond acceptors (Lipinski definition) is 3. The molecule has 3 aromatic rings. The van der Waals surface area contributed by atoms with E-state index in [9.17, 15) is 4.79 Å². The van der Waals surface area contributed by atoms with Gasteiger partial charge in [-0.1, -0.05) is 39.0 Å². The molecular formula is C17H18N4O. The van der Waals surface area contributed by atoms with Gasteiger partial charge in [0.2, 0.25) is 6.41 Å². The quantitative estimate of drug-likeness (QED) is 0.754. The Labute approximate surface area is 129 Å². The highest BCUT2D eigenvalue weighted by Crippen LogP contribution is 2.26. The zero-order valence-electron chi connectivity index (χ0n) is 12.9. The van der Waals surface area contributed by atoms with Crippen molar-refractivity contribution >= 4 is 23.1 Å². The SMILES string of the molecule is CC(C)(C)c1cc(NC=O)n(-c2ccc3ccccc3n2)n1. The molecule has 1 N–H and O–H groups in total. The third-order valence-corrected chi connectivity index (χ3v) is 3.49. The molecule has 0 atom stereocenters. The average molecular weight is 294 g/mol. The highest BCUT2D eigenvalue weighted by molar-refractivity contribution is 5.79. The molecule has 5 heteroatoms. The van der Waals surface area contributed by atoms with Gasteiger partial charge in [-0.2, -0.15) is 9.78 Å². The molecule has 0 unspecified atom stereocenters. The number of aromatic nitrogens is 3. The maximum absolute atomic E-state index is 10.9. The summed E-state index contributed by atoms with van der Waals surface area (Å²) in [5.74, 6) is 1.29. The predicted octanol–water partition coefficient (Wildman–Crippen LogP) is 3.29. The van der Waals surface area contributed by atoms with Crippen LogP contribution in [0.25, 0.3) is 16.7 Å². The molecule has 1 aromatic carbocycles. The summed E-state index contributed by atoms with van der Waals surface area (Å²) in [5.41, 5.74) is 1.68. The molecule has 22 heavy (non-hydrogen) atoms. The van der Waals surface area contributed by atoms with Gasteiger partial charge in [-0.05, 0) is 18.2 Å². The first kappa shape index (κ1) is 14.3. The molecule has 0 fully saturated rings. The zero-order valence-corrected chi connectivity index (χ0v) is 12.9. The molecule has 0 saturated carbocycles. The molecule has 5 nitrogen and oxygen atoms in total. The Morgan fingerprint density at radius 1 is 1.14 bits per heavy atom. The van der Waals surface area contributed by atoms with E-state index in [1.165, 1.54) is 0 Å². The van der Waals surface area contributed by atoms with Crippen molar-refractivity contribution in [3.05, 3.63) is 48.2 Å². The summed E-state index contributed by atoms with van der Waals surface area (Å²) in [7, 11) is 0. The molecule has 0 radical (unpaired) electrons. The average Bonchev–Trinajstić information content (AvgIpc) is 2.91. The van der Waals surface area contributed by atoms with Crippen LogP contribution in [0.3, 0.4) is 0 Å². The Kier molecular flexibility index (Phi) is 3.41. The first-order valence-corrected chi connectivity index (χ1v) is 7.16. The Morgan fingerprint density at radius 3 is 2.64 bits per heavy atom. The zero-order chi connectivity index (χ0) is 15.7. The van der Waals surface area contributed by atoms with Crippen LogP contribution in [0.5, 0.6) is 0 Å². The molecule has 1 amide bonds. The van der Waals surface area contributed by atoms with E-state index in [-0.39, 0.29) is 5.41 Å².